The average Bonchev–Trinajstić information content (AvgIpc) is 3.47. The van der Waals surface area contributed by atoms with Crippen LogP contribution in [0, 0.1) is 0 Å². The highest BCUT2D eigenvalue weighted by atomic mass is 35.5. The molecule has 0 saturated carbocycles. The smallest absolute Gasteiger partial charge is 0.352 e. The lowest BCUT2D eigenvalue weighted by molar-refractivity contribution is -0.150. The summed E-state index contributed by atoms with van der Waals surface area (Å²) in [6.07, 6.45) is 1.81. The Hall–Kier alpha value is -3.48. The van der Waals surface area contributed by atoms with Gasteiger partial charge in [0, 0.05) is 18.6 Å². The van der Waals surface area contributed by atoms with E-state index in [-0.39, 0.29) is 38.9 Å². The van der Waals surface area contributed by atoms with Crippen LogP contribution in [-0.2, 0) is 31.1 Å². The lowest BCUT2D eigenvalue weighted by Gasteiger charge is -2.49. The normalized spacial score (nSPS) is 18.9. The maximum atomic E-state index is 13.2. The van der Waals surface area contributed by atoms with Crippen molar-refractivity contribution in [3.63, 3.8) is 0 Å². The molecule has 2 atom stereocenters. The number of rotatable bonds is 12. The number of nitrogens with zero attached hydrogens (tertiary/aromatic N) is 7. The van der Waals surface area contributed by atoms with Gasteiger partial charge < -0.3 is 20.6 Å². The third kappa shape index (κ3) is 5.52. The number of nitrogens with one attached hydrogen (secondary N) is 2. The van der Waals surface area contributed by atoms with Gasteiger partial charge in [0.25, 0.3) is 11.8 Å². The third-order valence-electron chi connectivity index (χ3n) is 5.05. The summed E-state index contributed by atoms with van der Waals surface area (Å²) in [5.41, 5.74) is -0.00897. The minimum absolute atomic E-state index is 0.0233. The van der Waals surface area contributed by atoms with Crippen LogP contribution >= 0.6 is 46.5 Å². The van der Waals surface area contributed by atoms with E-state index in [4.69, 9.17) is 16.4 Å². The molecule has 38 heavy (non-hydrogen) atoms. The van der Waals surface area contributed by atoms with Crippen molar-refractivity contribution in [2.75, 3.05) is 23.4 Å². The summed E-state index contributed by atoms with van der Waals surface area (Å²) in [6, 6.07) is -1.03. The monoisotopic (exact) mass is 599 g/mol. The average molecular weight is 600 g/mol. The molecule has 0 aliphatic carbocycles. The molecule has 0 spiro atoms. The quantitative estimate of drug-likeness (QED) is 0.0576. The van der Waals surface area contributed by atoms with E-state index >= 15 is 0 Å². The molecule has 4 rings (SSSR count). The highest BCUT2D eigenvalue weighted by Gasteiger charge is 2.54. The number of carboxylic acid groups (broad SMARTS) is 1. The van der Waals surface area contributed by atoms with Crippen molar-refractivity contribution in [3.8, 4) is 0 Å². The van der Waals surface area contributed by atoms with Crippen molar-refractivity contribution in [3.05, 3.63) is 34.0 Å². The molecular weight excluding hydrogens is 582 g/mol. The number of aryl methyl sites for hydroxylation is 1. The first-order chi connectivity index (χ1) is 18.3. The zero-order valence-electron chi connectivity index (χ0n) is 19.4. The largest absolute Gasteiger partial charge is 0.477 e. The minimum atomic E-state index is -1.26. The van der Waals surface area contributed by atoms with Crippen LogP contribution < -0.4 is 10.6 Å². The molecule has 4 heterocycles. The number of fused-ring (bicyclic) bond motifs is 1. The van der Waals surface area contributed by atoms with Crippen molar-refractivity contribution in [1.82, 2.24) is 35.4 Å². The summed E-state index contributed by atoms with van der Waals surface area (Å²) >= 11 is 9.64. The van der Waals surface area contributed by atoms with Crippen LogP contribution in [0.2, 0.25) is 4.34 Å². The highest BCUT2D eigenvalue weighted by Crippen LogP contribution is 2.41. The van der Waals surface area contributed by atoms with E-state index in [1.54, 1.807) is 7.05 Å². The van der Waals surface area contributed by atoms with Gasteiger partial charge in [-0.15, -0.1) is 16.9 Å². The molecule has 1 unspecified atom stereocenters. The number of thioether (sulfide) groups is 2. The Morgan fingerprint density at radius 1 is 1.45 bits per heavy atom. The van der Waals surface area contributed by atoms with Crippen molar-refractivity contribution in [2.45, 2.75) is 16.6 Å². The number of aliphatic carboxylic acids is 1. The van der Waals surface area contributed by atoms with Gasteiger partial charge in [0.2, 0.25) is 11.6 Å². The van der Waals surface area contributed by atoms with E-state index in [1.807, 2.05) is 0 Å². The van der Waals surface area contributed by atoms with Crippen molar-refractivity contribution in [2.24, 2.45) is 12.2 Å². The summed E-state index contributed by atoms with van der Waals surface area (Å²) in [5, 5.41) is 29.7. The van der Waals surface area contributed by atoms with Gasteiger partial charge in [-0.2, -0.15) is 0 Å². The van der Waals surface area contributed by atoms with Gasteiger partial charge in [-0.3, -0.25) is 19.3 Å². The Morgan fingerprint density at radius 2 is 2.24 bits per heavy atom. The van der Waals surface area contributed by atoms with Crippen molar-refractivity contribution >= 4 is 81.5 Å². The molecule has 1 saturated heterocycles. The number of anilines is 1. The molecule has 3 amide bonds. The standard InChI is InChI=1S/C19H18ClN9O6S3/c1-3-4-35-25-10(9-13(20)38-18(23-9)21-7-30)14(31)22-11-15(32)29-12(17(33)34)8(5-36-16(11)29)6-37-19-24-26-27-28(19)2/h3,7,11,16H,1,4-6H2,2H3,(H,22,31)(H,33,34)(H,21,23,30)/b25-10+/t11?,16-/m1/s1. The molecule has 19 heteroatoms. The molecule has 1 fully saturated rings. The molecule has 2 aliphatic heterocycles. The van der Waals surface area contributed by atoms with E-state index in [1.165, 1.54) is 34.3 Å². The fourth-order valence-corrected chi connectivity index (χ4v) is 6.74. The molecule has 0 radical (unpaired) electrons. The molecule has 0 aromatic carbocycles. The summed E-state index contributed by atoms with van der Waals surface area (Å²) in [4.78, 5) is 59.3. The summed E-state index contributed by atoms with van der Waals surface area (Å²) in [5.74, 6) is -2.12. The SMILES string of the molecule is C=CCO/N=C(/C(=O)NC1C(=O)N2C(C(=O)O)=C(CSc3nnnn3C)CS[C@H]12)c1nc(NC=O)sc1Cl. The van der Waals surface area contributed by atoms with Crippen LogP contribution in [0.1, 0.15) is 5.69 Å². The molecule has 2 aliphatic rings. The van der Waals surface area contributed by atoms with Crippen LogP contribution in [0.3, 0.4) is 0 Å². The van der Waals surface area contributed by atoms with Crippen molar-refractivity contribution < 1.29 is 29.1 Å². The van der Waals surface area contributed by atoms with Gasteiger partial charge in [-0.25, -0.2) is 14.5 Å². The van der Waals surface area contributed by atoms with E-state index in [2.05, 4.69) is 42.9 Å². The van der Waals surface area contributed by atoms with E-state index < -0.39 is 29.2 Å². The number of β-lactam (4-membered cyclic amide) rings is 1. The number of halogens is 1. The van der Waals surface area contributed by atoms with Crippen LogP contribution in [0.5, 0.6) is 0 Å². The van der Waals surface area contributed by atoms with Gasteiger partial charge in [0.1, 0.15) is 33.7 Å². The van der Waals surface area contributed by atoms with E-state index in [0.29, 0.717) is 22.9 Å². The molecule has 15 nitrogen and oxygen atoms in total. The lowest BCUT2D eigenvalue weighted by atomic mass is 10.0. The maximum absolute atomic E-state index is 13.2. The van der Waals surface area contributed by atoms with Gasteiger partial charge in [-0.1, -0.05) is 52.5 Å². The first-order valence-electron chi connectivity index (χ1n) is 10.5. The van der Waals surface area contributed by atoms with Gasteiger partial charge in [-0.05, 0) is 16.0 Å². The molecule has 200 valence electrons. The lowest BCUT2D eigenvalue weighted by Crippen LogP contribution is -2.71. The number of thiazole rings is 1. The zero-order valence-corrected chi connectivity index (χ0v) is 22.6. The fourth-order valence-electron chi connectivity index (χ4n) is 3.41. The number of hydrogen-bond acceptors (Lipinski definition) is 13. The number of amides is 3. The number of oxime groups is 1. The predicted octanol–water partition coefficient (Wildman–Crippen LogP) is 0.326. The van der Waals surface area contributed by atoms with Crippen LogP contribution in [-0.4, -0.2) is 94.6 Å². The Morgan fingerprint density at radius 3 is 2.89 bits per heavy atom. The number of hydrogen-bond donors (Lipinski definition) is 3. The molecule has 2 aromatic heterocycles. The van der Waals surface area contributed by atoms with Crippen molar-refractivity contribution in [1.29, 1.82) is 0 Å². The summed E-state index contributed by atoms with van der Waals surface area (Å²) in [7, 11) is 1.66. The Bertz CT molecular complexity index is 1360. The second-order valence-electron chi connectivity index (χ2n) is 7.42. The summed E-state index contributed by atoms with van der Waals surface area (Å²) in [6.45, 7) is 3.48. The number of tetrazole rings is 1. The Balaban J connectivity index is 1.52. The number of carbonyl (C=O) groups is 4. The number of carboxylic acids is 1. The zero-order chi connectivity index (χ0) is 27.4. The second-order valence-corrected chi connectivity index (χ2v) is 11.1. The summed E-state index contributed by atoms with van der Waals surface area (Å²) < 4.78 is 1.50. The Labute approximate surface area is 231 Å². The molecule has 0 bridgehead atoms. The Kier molecular flexibility index (Phi) is 8.65. The van der Waals surface area contributed by atoms with Crippen LogP contribution in [0.15, 0.2) is 34.2 Å². The first-order valence-corrected chi connectivity index (χ1v) is 13.7. The second kappa shape index (κ2) is 11.9. The molecule has 3 N–H and O–H groups in total. The number of aromatic nitrogens is 5. The topological polar surface area (TPSA) is 194 Å². The van der Waals surface area contributed by atoms with Crippen LogP contribution in [0.4, 0.5) is 5.13 Å². The molecule has 2 aromatic rings. The predicted molar refractivity (Wildman–Crippen MR) is 139 cm³/mol. The van der Waals surface area contributed by atoms with Crippen LogP contribution in [0.25, 0.3) is 0 Å². The first kappa shape index (κ1) is 27.6. The number of carbonyl (C=O) groups excluding carboxylic acids is 3. The van der Waals surface area contributed by atoms with Gasteiger partial charge in [0.15, 0.2) is 10.8 Å². The van der Waals surface area contributed by atoms with E-state index in [0.717, 1.165) is 16.2 Å². The fraction of sp³-hybridized carbons (Fsp3) is 0.316. The maximum Gasteiger partial charge on any atom is 0.352 e. The minimum Gasteiger partial charge on any atom is -0.477 e. The van der Waals surface area contributed by atoms with Gasteiger partial charge in [0.05, 0.1) is 0 Å². The molecular formula is C19H18ClN9O6S3. The van der Waals surface area contributed by atoms with Gasteiger partial charge >= 0.3 is 5.97 Å². The highest BCUT2D eigenvalue weighted by molar-refractivity contribution is 8.01. The van der Waals surface area contributed by atoms with E-state index in [9.17, 15) is 24.3 Å². The third-order valence-corrected chi connectivity index (χ3v) is 8.67.